The van der Waals surface area contributed by atoms with Crippen molar-refractivity contribution >= 4 is 11.6 Å². The lowest BCUT2D eigenvalue weighted by Crippen LogP contribution is -2.07. The number of hydrogen-bond donors (Lipinski definition) is 0. The highest BCUT2D eigenvalue weighted by atomic mass is 16.5. The van der Waals surface area contributed by atoms with Crippen LogP contribution in [0.5, 0.6) is 0 Å². The van der Waals surface area contributed by atoms with Crippen molar-refractivity contribution in [2.75, 3.05) is 6.61 Å². The second kappa shape index (κ2) is 5.16. The lowest BCUT2D eigenvalue weighted by Gasteiger charge is -2.03. The van der Waals surface area contributed by atoms with Crippen molar-refractivity contribution in [1.82, 2.24) is 14.6 Å². The number of rotatable bonds is 4. The molecular formula is C13H17N3O2. The van der Waals surface area contributed by atoms with Gasteiger partial charge in [-0.3, -0.25) is 0 Å². The summed E-state index contributed by atoms with van der Waals surface area (Å²) in [6.07, 6.45) is 3.39. The predicted octanol–water partition coefficient (Wildman–Crippen LogP) is 2.30. The topological polar surface area (TPSA) is 56.5 Å². The van der Waals surface area contributed by atoms with Crippen molar-refractivity contribution in [3.8, 4) is 0 Å². The molecule has 5 nitrogen and oxygen atoms in total. The van der Waals surface area contributed by atoms with Crippen LogP contribution in [0.25, 0.3) is 5.65 Å². The summed E-state index contributed by atoms with van der Waals surface area (Å²) >= 11 is 0. The number of hydrogen-bond acceptors (Lipinski definition) is 4. The van der Waals surface area contributed by atoms with Crippen LogP contribution in [0.4, 0.5) is 0 Å². The van der Waals surface area contributed by atoms with Crippen LogP contribution >= 0.6 is 0 Å². The Labute approximate surface area is 106 Å². The first-order chi connectivity index (χ1) is 8.63. The normalized spacial score (nSPS) is 10.8. The standard InChI is InChI=1S/C13H17N3O2/c1-4-5-6-18-13(17)11-8-14-16-10(3)7-9(2)15-12(11)16/h7-8H,4-6H2,1-3H3. The number of aromatic nitrogens is 3. The molecule has 0 unspecified atom stereocenters. The Hall–Kier alpha value is -1.91. The smallest absolute Gasteiger partial charge is 0.343 e. The third-order valence-electron chi connectivity index (χ3n) is 2.73. The predicted molar refractivity (Wildman–Crippen MR) is 67.7 cm³/mol. The van der Waals surface area contributed by atoms with E-state index in [0.717, 1.165) is 24.2 Å². The zero-order valence-electron chi connectivity index (χ0n) is 10.9. The van der Waals surface area contributed by atoms with Crippen LogP contribution in [0.3, 0.4) is 0 Å². The summed E-state index contributed by atoms with van der Waals surface area (Å²) in [4.78, 5) is 16.2. The van der Waals surface area contributed by atoms with Gasteiger partial charge in [-0.05, 0) is 26.3 Å². The maximum absolute atomic E-state index is 11.9. The lowest BCUT2D eigenvalue weighted by atomic mass is 10.3. The highest BCUT2D eigenvalue weighted by Crippen LogP contribution is 2.13. The molecule has 2 aromatic heterocycles. The fraction of sp³-hybridized carbons (Fsp3) is 0.462. The van der Waals surface area contributed by atoms with Crippen LogP contribution in [0, 0.1) is 13.8 Å². The molecule has 0 N–H and O–H groups in total. The quantitative estimate of drug-likeness (QED) is 0.614. The van der Waals surface area contributed by atoms with E-state index in [4.69, 9.17) is 4.74 Å². The summed E-state index contributed by atoms with van der Waals surface area (Å²) in [6, 6.07) is 1.92. The molecule has 0 aromatic carbocycles. The average Bonchev–Trinajstić information content (AvgIpc) is 2.73. The Morgan fingerprint density at radius 3 is 2.94 bits per heavy atom. The Morgan fingerprint density at radius 1 is 1.44 bits per heavy atom. The second-order valence-electron chi connectivity index (χ2n) is 4.32. The zero-order valence-corrected chi connectivity index (χ0v) is 10.9. The maximum atomic E-state index is 11.9. The van der Waals surface area contributed by atoms with Gasteiger partial charge in [0.2, 0.25) is 0 Å². The first-order valence-electron chi connectivity index (χ1n) is 6.12. The highest BCUT2D eigenvalue weighted by Gasteiger charge is 2.16. The lowest BCUT2D eigenvalue weighted by molar-refractivity contribution is 0.0502. The second-order valence-corrected chi connectivity index (χ2v) is 4.32. The van der Waals surface area contributed by atoms with E-state index in [1.54, 1.807) is 4.52 Å². The van der Waals surface area contributed by atoms with E-state index in [-0.39, 0.29) is 5.97 Å². The summed E-state index contributed by atoms with van der Waals surface area (Å²) in [5.41, 5.74) is 2.81. The first kappa shape index (κ1) is 12.5. The molecule has 0 radical (unpaired) electrons. The van der Waals surface area contributed by atoms with Crippen molar-refractivity contribution in [2.45, 2.75) is 33.6 Å². The fourth-order valence-corrected chi connectivity index (χ4v) is 1.80. The molecule has 0 atom stereocenters. The van der Waals surface area contributed by atoms with Gasteiger partial charge in [0, 0.05) is 11.4 Å². The number of fused-ring (bicyclic) bond motifs is 1. The van der Waals surface area contributed by atoms with Gasteiger partial charge in [0.05, 0.1) is 12.8 Å². The maximum Gasteiger partial charge on any atom is 0.343 e. The summed E-state index contributed by atoms with van der Waals surface area (Å²) in [6.45, 7) is 6.32. The Balaban J connectivity index is 2.31. The third kappa shape index (κ3) is 2.34. The molecule has 2 aromatic rings. The van der Waals surface area contributed by atoms with Crippen LogP contribution in [-0.2, 0) is 4.74 Å². The molecule has 0 aliphatic rings. The Bertz CT molecular complexity index is 575. The molecule has 2 heterocycles. The summed E-state index contributed by atoms with van der Waals surface area (Å²) in [5.74, 6) is -0.351. The number of ether oxygens (including phenoxy) is 1. The van der Waals surface area contributed by atoms with Crippen LogP contribution in [0.1, 0.15) is 41.5 Å². The minimum Gasteiger partial charge on any atom is -0.462 e. The van der Waals surface area contributed by atoms with Gasteiger partial charge in [0.15, 0.2) is 5.65 Å². The largest absolute Gasteiger partial charge is 0.462 e. The number of esters is 1. The SMILES string of the molecule is CCCCOC(=O)c1cnn2c(C)cc(C)nc12. The number of unbranched alkanes of at least 4 members (excludes halogenated alkanes) is 1. The minimum atomic E-state index is -0.351. The van der Waals surface area contributed by atoms with E-state index in [9.17, 15) is 4.79 Å². The molecule has 18 heavy (non-hydrogen) atoms. The van der Waals surface area contributed by atoms with Crippen molar-refractivity contribution in [3.63, 3.8) is 0 Å². The molecule has 0 fully saturated rings. The average molecular weight is 247 g/mol. The van der Waals surface area contributed by atoms with Gasteiger partial charge in [0.1, 0.15) is 5.56 Å². The van der Waals surface area contributed by atoms with Crippen LogP contribution < -0.4 is 0 Å². The van der Waals surface area contributed by atoms with Gasteiger partial charge in [0.25, 0.3) is 0 Å². The molecule has 96 valence electrons. The van der Waals surface area contributed by atoms with E-state index < -0.39 is 0 Å². The first-order valence-corrected chi connectivity index (χ1v) is 6.12. The molecule has 0 saturated heterocycles. The molecule has 0 bridgehead atoms. The van der Waals surface area contributed by atoms with Gasteiger partial charge in [-0.2, -0.15) is 5.10 Å². The van der Waals surface area contributed by atoms with Crippen molar-refractivity contribution in [3.05, 3.63) is 29.2 Å². The van der Waals surface area contributed by atoms with Gasteiger partial charge in [-0.1, -0.05) is 13.3 Å². The summed E-state index contributed by atoms with van der Waals surface area (Å²) < 4.78 is 6.84. The molecular weight excluding hydrogens is 230 g/mol. The molecule has 2 rings (SSSR count). The Morgan fingerprint density at radius 2 is 2.22 bits per heavy atom. The number of aryl methyl sites for hydroxylation is 2. The van der Waals surface area contributed by atoms with E-state index >= 15 is 0 Å². The number of carbonyl (C=O) groups is 1. The molecule has 0 saturated carbocycles. The van der Waals surface area contributed by atoms with Gasteiger partial charge >= 0.3 is 5.97 Å². The van der Waals surface area contributed by atoms with Crippen LogP contribution in [0.2, 0.25) is 0 Å². The van der Waals surface area contributed by atoms with Gasteiger partial charge in [-0.25, -0.2) is 14.3 Å². The van der Waals surface area contributed by atoms with Crippen LogP contribution in [-0.4, -0.2) is 27.2 Å². The monoisotopic (exact) mass is 247 g/mol. The fourth-order valence-electron chi connectivity index (χ4n) is 1.80. The minimum absolute atomic E-state index is 0.351. The van der Waals surface area contributed by atoms with Crippen molar-refractivity contribution in [1.29, 1.82) is 0 Å². The van der Waals surface area contributed by atoms with Crippen LogP contribution in [0.15, 0.2) is 12.3 Å². The van der Waals surface area contributed by atoms with Gasteiger partial charge < -0.3 is 4.74 Å². The number of nitrogens with zero attached hydrogens (tertiary/aromatic N) is 3. The zero-order chi connectivity index (χ0) is 13.1. The Kier molecular flexibility index (Phi) is 3.60. The van der Waals surface area contributed by atoms with Crippen molar-refractivity contribution in [2.24, 2.45) is 0 Å². The molecule has 0 aliphatic carbocycles. The number of carbonyl (C=O) groups excluding carboxylic acids is 1. The van der Waals surface area contributed by atoms with Crippen molar-refractivity contribution < 1.29 is 9.53 Å². The van der Waals surface area contributed by atoms with E-state index in [1.165, 1.54) is 6.20 Å². The molecule has 0 spiro atoms. The molecule has 0 aliphatic heterocycles. The van der Waals surface area contributed by atoms with Gasteiger partial charge in [-0.15, -0.1) is 0 Å². The molecule has 0 amide bonds. The summed E-state index contributed by atoms with van der Waals surface area (Å²) in [7, 11) is 0. The highest BCUT2D eigenvalue weighted by molar-refractivity contribution is 5.95. The van der Waals surface area contributed by atoms with E-state index in [2.05, 4.69) is 17.0 Å². The van der Waals surface area contributed by atoms with E-state index in [0.29, 0.717) is 17.8 Å². The van der Waals surface area contributed by atoms with E-state index in [1.807, 2.05) is 19.9 Å². The third-order valence-corrected chi connectivity index (χ3v) is 2.73. The summed E-state index contributed by atoms with van der Waals surface area (Å²) in [5, 5.41) is 4.16. The molecule has 5 heteroatoms.